The van der Waals surface area contributed by atoms with E-state index in [0.29, 0.717) is 12.2 Å². The summed E-state index contributed by atoms with van der Waals surface area (Å²) in [6.07, 6.45) is 5.81. The summed E-state index contributed by atoms with van der Waals surface area (Å²) in [7, 11) is 0. The van der Waals surface area contributed by atoms with Crippen LogP contribution in [0.1, 0.15) is 45.4 Å². The number of hydrogen-bond donors (Lipinski definition) is 2. The van der Waals surface area contributed by atoms with Gasteiger partial charge in [0, 0.05) is 12.0 Å². The summed E-state index contributed by atoms with van der Waals surface area (Å²) in [6, 6.07) is 17.4. The van der Waals surface area contributed by atoms with E-state index >= 15 is 0 Å². The monoisotopic (exact) mass is 368 g/mol. The molecule has 2 aromatic rings. The molecule has 0 aliphatic rings. The lowest BCUT2D eigenvalue weighted by atomic mass is 10.1. The van der Waals surface area contributed by atoms with Crippen molar-refractivity contribution in [1.82, 2.24) is 10.9 Å². The van der Waals surface area contributed by atoms with Crippen LogP contribution in [0.15, 0.2) is 54.6 Å². The Morgan fingerprint density at radius 1 is 0.815 bits per heavy atom. The van der Waals surface area contributed by atoms with Crippen LogP contribution in [0, 0.1) is 0 Å². The number of unbranched alkanes of at least 4 members (excludes halogenated alkanes) is 4. The molecule has 144 valence electrons. The fraction of sp³-hybridized carbons (Fsp3) is 0.364. The lowest BCUT2D eigenvalue weighted by Crippen LogP contribution is -2.43. The minimum absolute atomic E-state index is 0.166. The van der Waals surface area contributed by atoms with Gasteiger partial charge in [-0.1, -0.05) is 81.1 Å². The second-order valence-electron chi connectivity index (χ2n) is 6.41. The SMILES string of the molecule is CCCCCCCC(=O)NNC(=O)COc1ccccc1-c1ccccc1. The highest BCUT2D eigenvalue weighted by atomic mass is 16.5. The number of carbonyl (C=O) groups is 2. The van der Waals surface area contributed by atoms with E-state index in [2.05, 4.69) is 17.8 Å². The average Bonchev–Trinajstić information content (AvgIpc) is 2.71. The third-order valence-electron chi connectivity index (χ3n) is 4.18. The third kappa shape index (κ3) is 7.52. The molecule has 0 fully saturated rings. The predicted molar refractivity (Wildman–Crippen MR) is 107 cm³/mol. The fourth-order valence-electron chi connectivity index (χ4n) is 2.72. The van der Waals surface area contributed by atoms with Crippen molar-refractivity contribution >= 4 is 11.8 Å². The maximum absolute atomic E-state index is 11.9. The van der Waals surface area contributed by atoms with Gasteiger partial charge < -0.3 is 4.74 Å². The number of carbonyl (C=O) groups excluding carboxylic acids is 2. The summed E-state index contributed by atoms with van der Waals surface area (Å²) in [5.74, 6) is 0.0582. The Morgan fingerprint density at radius 3 is 2.26 bits per heavy atom. The van der Waals surface area contributed by atoms with Crippen LogP contribution in [0.4, 0.5) is 0 Å². The van der Waals surface area contributed by atoms with E-state index < -0.39 is 5.91 Å². The maximum Gasteiger partial charge on any atom is 0.276 e. The number of nitrogens with one attached hydrogen (secondary N) is 2. The Morgan fingerprint density at radius 2 is 1.48 bits per heavy atom. The van der Waals surface area contributed by atoms with Crippen LogP contribution in [0.25, 0.3) is 11.1 Å². The number of para-hydroxylation sites is 1. The van der Waals surface area contributed by atoms with Gasteiger partial charge >= 0.3 is 0 Å². The van der Waals surface area contributed by atoms with Gasteiger partial charge in [0.2, 0.25) is 5.91 Å². The molecule has 0 saturated heterocycles. The average molecular weight is 368 g/mol. The number of benzene rings is 2. The molecule has 5 heteroatoms. The van der Waals surface area contributed by atoms with Gasteiger partial charge in [-0.25, -0.2) is 0 Å². The first-order valence-electron chi connectivity index (χ1n) is 9.55. The van der Waals surface area contributed by atoms with Crippen LogP contribution < -0.4 is 15.6 Å². The highest BCUT2D eigenvalue weighted by Gasteiger charge is 2.09. The van der Waals surface area contributed by atoms with E-state index in [1.54, 1.807) is 0 Å². The lowest BCUT2D eigenvalue weighted by Gasteiger charge is -2.12. The molecule has 0 saturated carbocycles. The fourth-order valence-corrected chi connectivity index (χ4v) is 2.72. The molecule has 5 nitrogen and oxygen atoms in total. The summed E-state index contributed by atoms with van der Waals surface area (Å²) in [4.78, 5) is 23.7. The second kappa shape index (κ2) is 11.7. The molecule has 0 aliphatic carbocycles. The molecule has 0 aliphatic heterocycles. The van der Waals surface area contributed by atoms with E-state index in [4.69, 9.17) is 4.74 Å². The van der Waals surface area contributed by atoms with Crippen molar-refractivity contribution < 1.29 is 14.3 Å². The summed E-state index contributed by atoms with van der Waals surface area (Å²) in [5, 5.41) is 0. The van der Waals surface area contributed by atoms with Crippen LogP contribution in [-0.4, -0.2) is 18.4 Å². The zero-order valence-electron chi connectivity index (χ0n) is 15.9. The van der Waals surface area contributed by atoms with Crippen molar-refractivity contribution in [3.8, 4) is 16.9 Å². The second-order valence-corrected chi connectivity index (χ2v) is 6.41. The van der Waals surface area contributed by atoms with Crippen molar-refractivity contribution in [1.29, 1.82) is 0 Å². The van der Waals surface area contributed by atoms with Gasteiger partial charge in [0.25, 0.3) is 5.91 Å². The molecule has 0 spiro atoms. The van der Waals surface area contributed by atoms with Gasteiger partial charge in [0.15, 0.2) is 6.61 Å². The van der Waals surface area contributed by atoms with Gasteiger partial charge in [-0.05, 0) is 18.1 Å². The first-order valence-corrected chi connectivity index (χ1v) is 9.55. The van der Waals surface area contributed by atoms with E-state index in [1.807, 2.05) is 54.6 Å². The minimum atomic E-state index is -0.391. The van der Waals surface area contributed by atoms with Crippen molar-refractivity contribution in [3.05, 3.63) is 54.6 Å². The van der Waals surface area contributed by atoms with Gasteiger partial charge in [-0.3, -0.25) is 20.4 Å². The minimum Gasteiger partial charge on any atom is -0.483 e. The van der Waals surface area contributed by atoms with E-state index in [-0.39, 0.29) is 12.5 Å². The van der Waals surface area contributed by atoms with E-state index in [9.17, 15) is 9.59 Å². The van der Waals surface area contributed by atoms with Crippen molar-refractivity contribution in [3.63, 3.8) is 0 Å². The Labute approximate surface area is 161 Å². The van der Waals surface area contributed by atoms with Crippen LogP contribution in [0.3, 0.4) is 0 Å². The van der Waals surface area contributed by atoms with Crippen LogP contribution in [0.2, 0.25) is 0 Å². The summed E-state index contributed by atoms with van der Waals surface area (Å²) < 4.78 is 5.65. The zero-order chi connectivity index (χ0) is 19.3. The van der Waals surface area contributed by atoms with Gasteiger partial charge in [-0.2, -0.15) is 0 Å². The highest BCUT2D eigenvalue weighted by molar-refractivity contribution is 5.83. The predicted octanol–water partition coefficient (Wildman–Crippen LogP) is 4.24. The molecule has 2 aromatic carbocycles. The van der Waals surface area contributed by atoms with E-state index in [0.717, 1.165) is 30.4 Å². The van der Waals surface area contributed by atoms with Gasteiger partial charge in [0.1, 0.15) is 5.75 Å². The largest absolute Gasteiger partial charge is 0.483 e. The molecule has 2 N–H and O–H groups in total. The number of amides is 2. The van der Waals surface area contributed by atoms with Crippen molar-refractivity contribution in [2.45, 2.75) is 45.4 Å². The molecule has 2 amide bonds. The summed E-state index contributed by atoms with van der Waals surface area (Å²) in [5.41, 5.74) is 6.77. The maximum atomic E-state index is 11.9. The summed E-state index contributed by atoms with van der Waals surface area (Å²) in [6.45, 7) is 1.99. The molecular weight excluding hydrogens is 340 g/mol. The third-order valence-corrected chi connectivity index (χ3v) is 4.18. The number of ether oxygens (including phenoxy) is 1. The molecule has 0 bridgehead atoms. The van der Waals surface area contributed by atoms with Gasteiger partial charge in [-0.15, -0.1) is 0 Å². The molecule has 0 aromatic heterocycles. The number of hydrogen-bond acceptors (Lipinski definition) is 3. The normalized spacial score (nSPS) is 10.3. The van der Waals surface area contributed by atoms with Crippen molar-refractivity contribution in [2.24, 2.45) is 0 Å². The zero-order valence-corrected chi connectivity index (χ0v) is 15.9. The quantitative estimate of drug-likeness (QED) is 0.487. The lowest BCUT2D eigenvalue weighted by molar-refractivity contribution is -0.130. The van der Waals surface area contributed by atoms with Crippen molar-refractivity contribution in [2.75, 3.05) is 6.61 Å². The molecular formula is C22H28N2O3. The standard InChI is InChI=1S/C22H28N2O3/c1-2-3-4-5-9-16-21(25)23-24-22(26)17-27-20-15-11-10-14-19(20)18-12-7-6-8-13-18/h6-8,10-15H,2-5,9,16-17H2,1H3,(H,23,25)(H,24,26). The molecule has 0 atom stereocenters. The van der Waals surface area contributed by atoms with Gasteiger partial charge in [0.05, 0.1) is 0 Å². The molecule has 2 rings (SSSR count). The Balaban J connectivity index is 1.74. The number of rotatable bonds is 10. The Hall–Kier alpha value is -2.82. The summed E-state index contributed by atoms with van der Waals surface area (Å²) >= 11 is 0. The smallest absolute Gasteiger partial charge is 0.276 e. The number of hydrazine groups is 1. The first kappa shape index (κ1) is 20.5. The Kier molecular flexibility index (Phi) is 8.90. The van der Waals surface area contributed by atoms with Crippen LogP contribution >= 0.6 is 0 Å². The molecule has 0 unspecified atom stereocenters. The van der Waals surface area contributed by atoms with Crippen LogP contribution in [-0.2, 0) is 9.59 Å². The molecule has 27 heavy (non-hydrogen) atoms. The molecule has 0 heterocycles. The highest BCUT2D eigenvalue weighted by Crippen LogP contribution is 2.29. The molecule has 0 radical (unpaired) electrons. The van der Waals surface area contributed by atoms with Crippen LogP contribution in [0.5, 0.6) is 5.75 Å². The Bertz CT molecular complexity index is 717. The topological polar surface area (TPSA) is 67.4 Å². The first-order chi connectivity index (χ1) is 13.2. The van der Waals surface area contributed by atoms with E-state index in [1.165, 1.54) is 12.8 Å².